The normalized spacial score (nSPS) is 10.4. The van der Waals surface area contributed by atoms with Crippen molar-refractivity contribution in [3.8, 4) is 0 Å². The minimum Gasteiger partial charge on any atom is -0.298 e. The molecule has 13 heavy (non-hydrogen) atoms. The van der Waals surface area contributed by atoms with Gasteiger partial charge in [0.1, 0.15) is 0 Å². The van der Waals surface area contributed by atoms with Gasteiger partial charge in [-0.15, -0.1) is 0 Å². The van der Waals surface area contributed by atoms with E-state index < -0.39 is 0 Å². The molecule has 0 bridgehead atoms. The Morgan fingerprint density at radius 1 is 1.38 bits per heavy atom. The molecule has 0 fully saturated rings. The second kappa shape index (κ2) is 3.60. The molecule has 0 N–H and O–H groups in total. The Bertz CT molecular complexity index is 415. The van der Waals surface area contributed by atoms with Gasteiger partial charge >= 0.3 is 5.69 Å². The Hall–Kier alpha value is -1.32. The Kier molecular flexibility index (Phi) is 2.70. The molecule has 0 aliphatic carbocycles. The molecular weight excluding hydrogens is 168 g/mol. The van der Waals surface area contributed by atoms with Gasteiger partial charge in [-0.3, -0.25) is 13.9 Å². The zero-order valence-electron chi connectivity index (χ0n) is 8.20. The molecule has 0 aliphatic rings. The van der Waals surface area contributed by atoms with Crippen molar-refractivity contribution in [1.29, 1.82) is 0 Å². The van der Waals surface area contributed by atoms with E-state index in [4.69, 9.17) is 0 Å². The van der Waals surface area contributed by atoms with Crippen LogP contribution in [0.1, 0.15) is 19.0 Å². The van der Waals surface area contributed by atoms with Gasteiger partial charge in [-0.25, -0.2) is 4.79 Å². The standard InChI is InChI=1S/C9H14N2O2/c1-4-5-11-7(2)6-8(12)10(3)9(11)13/h6H,4-5H2,1-3H3. The number of nitrogens with zero attached hydrogens (tertiary/aromatic N) is 2. The molecule has 0 unspecified atom stereocenters. The first-order chi connectivity index (χ1) is 6.07. The van der Waals surface area contributed by atoms with Gasteiger partial charge in [0.15, 0.2) is 0 Å². The van der Waals surface area contributed by atoms with Crippen molar-refractivity contribution in [1.82, 2.24) is 9.13 Å². The molecule has 0 aromatic carbocycles. The summed E-state index contributed by atoms with van der Waals surface area (Å²) in [6, 6.07) is 1.48. The summed E-state index contributed by atoms with van der Waals surface area (Å²) in [4.78, 5) is 22.7. The fraction of sp³-hybridized carbons (Fsp3) is 0.556. The molecular formula is C9H14N2O2. The van der Waals surface area contributed by atoms with Crippen LogP contribution in [0.2, 0.25) is 0 Å². The molecule has 4 nitrogen and oxygen atoms in total. The lowest BCUT2D eigenvalue weighted by Crippen LogP contribution is -2.38. The summed E-state index contributed by atoms with van der Waals surface area (Å²) in [5, 5.41) is 0. The van der Waals surface area contributed by atoms with Crippen LogP contribution in [0.15, 0.2) is 15.7 Å². The molecule has 0 saturated heterocycles. The predicted octanol–water partition coefficient (Wildman–Crippen LogP) is 0.265. The lowest BCUT2D eigenvalue weighted by molar-refractivity contribution is 0.574. The first kappa shape index (κ1) is 9.77. The average Bonchev–Trinajstić information content (AvgIpc) is 2.09. The third-order valence-electron chi connectivity index (χ3n) is 2.05. The lowest BCUT2D eigenvalue weighted by atomic mass is 10.4. The molecule has 1 aromatic heterocycles. The maximum Gasteiger partial charge on any atom is 0.330 e. The average molecular weight is 182 g/mol. The van der Waals surface area contributed by atoms with Crippen molar-refractivity contribution >= 4 is 0 Å². The summed E-state index contributed by atoms with van der Waals surface area (Å²) >= 11 is 0. The quantitative estimate of drug-likeness (QED) is 0.658. The van der Waals surface area contributed by atoms with Crippen molar-refractivity contribution < 1.29 is 0 Å². The molecule has 4 heteroatoms. The maximum absolute atomic E-state index is 11.5. The number of aromatic nitrogens is 2. The molecule has 0 spiro atoms. The maximum atomic E-state index is 11.5. The largest absolute Gasteiger partial charge is 0.330 e. The van der Waals surface area contributed by atoms with Crippen LogP contribution in [0.5, 0.6) is 0 Å². The highest BCUT2D eigenvalue weighted by Gasteiger charge is 2.03. The van der Waals surface area contributed by atoms with Crippen LogP contribution >= 0.6 is 0 Å². The highest BCUT2D eigenvalue weighted by molar-refractivity contribution is 4.99. The van der Waals surface area contributed by atoms with Crippen LogP contribution in [0.3, 0.4) is 0 Å². The van der Waals surface area contributed by atoms with Crippen LogP contribution in [0.25, 0.3) is 0 Å². The molecule has 0 amide bonds. The lowest BCUT2D eigenvalue weighted by Gasteiger charge is -2.08. The van der Waals surface area contributed by atoms with E-state index in [1.807, 2.05) is 6.92 Å². The number of hydrogen-bond acceptors (Lipinski definition) is 2. The smallest absolute Gasteiger partial charge is 0.298 e. The van der Waals surface area contributed by atoms with Crippen molar-refractivity contribution in [2.24, 2.45) is 7.05 Å². The van der Waals surface area contributed by atoms with E-state index >= 15 is 0 Å². The number of rotatable bonds is 2. The van der Waals surface area contributed by atoms with Crippen molar-refractivity contribution in [3.05, 3.63) is 32.6 Å². The molecule has 1 heterocycles. The van der Waals surface area contributed by atoms with Crippen LogP contribution < -0.4 is 11.2 Å². The zero-order valence-corrected chi connectivity index (χ0v) is 8.20. The SMILES string of the molecule is CCCn1c(C)cc(=O)n(C)c1=O. The second-order valence-electron chi connectivity index (χ2n) is 3.12. The van der Waals surface area contributed by atoms with Gasteiger partial charge in [0.05, 0.1) is 0 Å². The zero-order chi connectivity index (χ0) is 10.0. The van der Waals surface area contributed by atoms with E-state index in [0.717, 1.165) is 16.7 Å². The fourth-order valence-corrected chi connectivity index (χ4v) is 1.28. The van der Waals surface area contributed by atoms with Crippen LogP contribution in [-0.2, 0) is 13.6 Å². The second-order valence-corrected chi connectivity index (χ2v) is 3.12. The van der Waals surface area contributed by atoms with E-state index in [1.54, 1.807) is 11.5 Å². The topological polar surface area (TPSA) is 44.0 Å². The van der Waals surface area contributed by atoms with Crippen LogP contribution in [0.4, 0.5) is 0 Å². The van der Waals surface area contributed by atoms with E-state index in [9.17, 15) is 9.59 Å². The summed E-state index contributed by atoms with van der Waals surface area (Å²) in [7, 11) is 1.50. The van der Waals surface area contributed by atoms with Crippen molar-refractivity contribution in [2.45, 2.75) is 26.8 Å². The highest BCUT2D eigenvalue weighted by Crippen LogP contribution is 1.91. The summed E-state index contributed by atoms with van der Waals surface area (Å²) in [6.45, 7) is 4.44. The summed E-state index contributed by atoms with van der Waals surface area (Å²) < 4.78 is 2.74. The van der Waals surface area contributed by atoms with Gasteiger partial charge in [0.2, 0.25) is 0 Å². The summed E-state index contributed by atoms with van der Waals surface area (Å²) in [5.41, 5.74) is 0.261. The minimum absolute atomic E-state index is 0.230. The fourth-order valence-electron chi connectivity index (χ4n) is 1.28. The Labute approximate surface area is 76.4 Å². The molecule has 0 aliphatic heterocycles. The molecule has 0 saturated carbocycles. The third kappa shape index (κ3) is 1.71. The molecule has 1 rings (SSSR count). The third-order valence-corrected chi connectivity index (χ3v) is 2.05. The highest BCUT2D eigenvalue weighted by atomic mass is 16.2. The van der Waals surface area contributed by atoms with E-state index in [-0.39, 0.29) is 11.2 Å². The molecule has 72 valence electrons. The minimum atomic E-state index is -0.241. The Morgan fingerprint density at radius 2 is 2.00 bits per heavy atom. The van der Waals surface area contributed by atoms with Gasteiger partial charge in [-0.1, -0.05) is 6.92 Å². The monoisotopic (exact) mass is 182 g/mol. The van der Waals surface area contributed by atoms with Crippen molar-refractivity contribution in [2.75, 3.05) is 0 Å². The summed E-state index contributed by atoms with van der Waals surface area (Å²) in [5.74, 6) is 0. The summed E-state index contributed by atoms with van der Waals surface area (Å²) in [6.07, 6.45) is 0.888. The van der Waals surface area contributed by atoms with Gasteiger partial charge in [-0.2, -0.15) is 0 Å². The van der Waals surface area contributed by atoms with Crippen LogP contribution in [0, 0.1) is 6.92 Å². The van der Waals surface area contributed by atoms with Gasteiger partial charge in [0, 0.05) is 25.4 Å². The number of hydrogen-bond donors (Lipinski definition) is 0. The first-order valence-electron chi connectivity index (χ1n) is 4.35. The predicted molar refractivity (Wildman–Crippen MR) is 51.0 cm³/mol. The molecule has 0 atom stereocenters. The van der Waals surface area contributed by atoms with Gasteiger partial charge in [0.25, 0.3) is 5.56 Å². The number of aryl methyl sites for hydroxylation is 1. The van der Waals surface area contributed by atoms with Crippen molar-refractivity contribution in [3.63, 3.8) is 0 Å². The van der Waals surface area contributed by atoms with Gasteiger partial charge < -0.3 is 0 Å². The Balaban J connectivity index is 3.44. The van der Waals surface area contributed by atoms with Crippen LogP contribution in [-0.4, -0.2) is 9.13 Å². The van der Waals surface area contributed by atoms with E-state index in [1.165, 1.54) is 13.1 Å². The molecule has 0 radical (unpaired) electrons. The Morgan fingerprint density at radius 3 is 2.54 bits per heavy atom. The van der Waals surface area contributed by atoms with Gasteiger partial charge in [-0.05, 0) is 13.3 Å². The first-order valence-corrected chi connectivity index (χ1v) is 4.35. The van der Waals surface area contributed by atoms with E-state index in [0.29, 0.717) is 6.54 Å². The van der Waals surface area contributed by atoms with E-state index in [2.05, 4.69) is 0 Å². The molecule has 1 aromatic rings.